The number of nitrogens with zero attached hydrogens (tertiary/aromatic N) is 1. The molecule has 0 aliphatic rings. The van der Waals surface area contributed by atoms with E-state index in [2.05, 4.69) is 10.3 Å². The number of aryl methyl sites for hydroxylation is 1. The second-order valence-electron chi connectivity index (χ2n) is 3.49. The van der Waals surface area contributed by atoms with Gasteiger partial charge in [-0.1, -0.05) is 6.92 Å². The van der Waals surface area contributed by atoms with Crippen LogP contribution < -0.4 is 5.32 Å². The summed E-state index contributed by atoms with van der Waals surface area (Å²) in [4.78, 5) is 4.29. The monoisotopic (exact) mass is 200 g/mol. The molecule has 0 aromatic carbocycles. The Morgan fingerprint density at radius 2 is 2.38 bits per heavy atom. The molecule has 0 saturated carbocycles. The molecule has 0 aliphatic heterocycles. The van der Waals surface area contributed by atoms with E-state index in [0.29, 0.717) is 0 Å². The van der Waals surface area contributed by atoms with Crippen molar-refractivity contribution < 1.29 is 5.11 Å². The molecule has 0 fully saturated rings. The summed E-state index contributed by atoms with van der Waals surface area (Å²) in [6.45, 7) is 6.12. The molecule has 3 nitrogen and oxygen atoms in total. The fraction of sp³-hybridized carbons (Fsp3) is 0.667. The van der Waals surface area contributed by atoms with E-state index in [0.717, 1.165) is 17.2 Å². The molecule has 74 valence electrons. The first kappa shape index (κ1) is 10.5. The van der Waals surface area contributed by atoms with Crippen LogP contribution in [0.3, 0.4) is 0 Å². The van der Waals surface area contributed by atoms with Crippen molar-refractivity contribution >= 4 is 16.5 Å². The summed E-state index contributed by atoms with van der Waals surface area (Å²) in [5, 5.41) is 15.3. The highest BCUT2D eigenvalue weighted by molar-refractivity contribution is 7.13. The van der Waals surface area contributed by atoms with E-state index in [9.17, 15) is 0 Å². The average Bonchev–Trinajstić information content (AvgIpc) is 2.51. The predicted octanol–water partition coefficient (Wildman–Crippen LogP) is 2.02. The molecule has 0 amide bonds. The molecule has 4 heteroatoms. The molecule has 1 unspecified atom stereocenters. The molecule has 0 saturated heterocycles. The third kappa shape index (κ3) is 2.67. The van der Waals surface area contributed by atoms with Crippen molar-refractivity contribution in [2.45, 2.75) is 32.7 Å². The highest BCUT2D eigenvalue weighted by atomic mass is 32.1. The number of thiazole rings is 1. The van der Waals surface area contributed by atoms with Crippen molar-refractivity contribution in [2.75, 3.05) is 11.9 Å². The molecule has 13 heavy (non-hydrogen) atoms. The Morgan fingerprint density at radius 3 is 2.77 bits per heavy atom. The molecule has 0 aliphatic carbocycles. The molecule has 1 aromatic heterocycles. The minimum absolute atomic E-state index is 0.127. The van der Waals surface area contributed by atoms with Crippen LogP contribution in [0.15, 0.2) is 5.38 Å². The number of aliphatic hydroxyl groups excluding tert-OH is 1. The van der Waals surface area contributed by atoms with Crippen LogP contribution in [-0.4, -0.2) is 22.2 Å². The van der Waals surface area contributed by atoms with Crippen molar-refractivity contribution in [2.24, 2.45) is 0 Å². The summed E-state index contributed by atoms with van der Waals surface area (Å²) < 4.78 is 0. The van der Waals surface area contributed by atoms with Gasteiger partial charge in [0.1, 0.15) is 0 Å². The minimum Gasteiger partial charge on any atom is -0.394 e. The van der Waals surface area contributed by atoms with Gasteiger partial charge in [0.2, 0.25) is 0 Å². The lowest BCUT2D eigenvalue weighted by atomic mass is 10.0. The lowest BCUT2D eigenvalue weighted by Crippen LogP contribution is -2.37. The molecule has 1 aromatic rings. The van der Waals surface area contributed by atoms with Crippen LogP contribution >= 0.6 is 11.3 Å². The average molecular weight is 200 g/mol. The lowest BCUT2D eigenvalue weighted by molar-refractivity contribution is 0.219. The molecule has 0 bridgehead atoms. The summed E-state index contributed by atoms with van der Waals surface area (Å²) in [6.07, 6.45) is 0.877. The predicted molar refractivity (Wildman–Crippen MR) is 56.3 cm³/mol. The summed E-state index contributed by atoms with van der Waals surface area (Å²) in [7, 11) is 0. The second kappa shape index (κ2) is 4.07. The maximum atomic E-state index is 9.17. The Kier molecular flexibility index (Phi) is 3.27. The number of anilines is 1. The fourth-order valence-electron chi connectivity index (χ4n) is 0.909. The SMILES string of the molecule is CCC(C)(CO)Nc1nc(C)cs1. The minimum atomic E-state index is -0.246. The Hall–Kier alpha value is -0.610. The van der Waals surface area contributed by atoms with Crippen molar-refractivity contribution in [3.8, 4) is 0 Å². The number of rotatable bonds is 4. The van der Waals surface area contributed by atoms with E-state index < -0.39 is 0 Å². The van der Waals surface area contributed by atoms with E-state index in [1.807, 2.05) is 26.2 Å². The van der Waals surface area contributed by atoms with Gasteiger partial charge in [0, 0.05) is 5.38 Å². The van der Waals surface area contributed by atoms with E-state index in [1.165, 1.54) is 0 Å². The van der Waals surface area contributed by atoms with Crippen LogP contribution in [0.2, 0.25) is 0 Å². The summed E-state index contributed by atoms with van der Waals surface area (Å²) in [5.74, 6) is 0. The van der Waals surface area contributed by atoms with Gasteiger partial charge in [-0.3, -0.25) is 0 Å². The molecule has 2 N–H and O–H groups in total. The van der Waals surface area contributed by atoms with Gasteiger partial charge in [-0.05, 0) is 20.3 Å². The highest BCUT2D eigenvalue weighted by Crippen LogP contribution is 2.21. The highest BCUT2D eigenvalue weighted by Gasteiger charge is 2.21. The van der Waals surface area contributed by atoms with Gasteiger partial charge >= 0.3 is 0 Å². The molecule has 0 spiro atoms. The molecular weight excluding hydrogens is 184 g/mol. The van der Waals surface area contributed by atoms with Crippen molar-refractivity contribution in [1.82, 2.24) is 4.98 Å². The van der Waals surface area contributed by atoms with Gasteiger partial charge < -0.3 is 10.4 Å². The molecule has 1 atom stereocenters. The quantitative estimate of drug-likeness (QED) is 0.781. The van der Waals surface area contributed by atoms with Crippen LogP contribution in [0.4, 0.5) is 5.13 Å². The van der Waals surface area contributed by atoms with Crippen molar-refractivity contribution in [3.63, 3.8) is 0 Å². The smallest absolute Gasteiger partial charge is 0.183 e. The molecule has 1 rings (SSSR count). The maximum absolute atomic E-state index is 9.17. The van der Waals surface area contributed by atoms with Gasteiger partial charge in [0.15, 0.2) is 5.13 Å². The molecule has 0 radical (unpaired) electrons. The van der Waals surface area contributed by atoms with Gasteiger partial charge in [-0.15, -0.1) is 11.3 Å². The first-order valence-corrected chi connectivity index (χ1v) is 5.29. The fourth-order valence-corrected chi connectivity index (χ4v) is 1.75. The summed E-state index contributed by atoms with van der Waals surface area (Å²) >= 11 is 1.57. The second-order valence-corrected chi connectivity index (χ2v) is 4.35. The van der Waals surface area contributed by atoms with Gasteiger partial charge in [-0.2, -0.15) is 0 Å². The normalized spacial score (nSPS) is 15.4. The van der Waals surface area contributed by atoms with E-state index in [4.69, 9.17) is 5.11 Å². The summed E-state index contributed by atoms with van der Waals surface area (Å²) in [6, 6.07) is 0. The topological polar surface area (TPSA) is 45.1 Å². The third-order valence-corrected chi connectivity index (χ3v) is 3.03. The van der Waals surface area contributed by atoms with Crippen LogP contribution in [0.5, 0.6) is 0 Å². The standard InChI is InChI=1S/C9H16N2OS/c1-4-9(3,6-12)11-8-10-7(2)5-13-8/h5,12H,4,6H2,1-3H3,(H,10,11). The van der Waals surface area contributed by atoms with Gasteiger partial charge in [0.05, 0.1) is 17.8 Å². The lowest BCUT2D eigenvalue weighted by Gasteiger charge is -2.26. The van der Waals surface area contributed by atoms with Gasteiger partial charge in [0.25, 0.3) is 0 Å². The van der Waals surface area contributed by atoms with Crippen LogP contribution in [0.1, 0.15) is 26.0 Å². The number of nitrogens with one attached hydrogen (secondary N) is 1. The number of aromatic nitrogens is 1. The zero-order chi connectivity index (χ0) is 9.90. The number of hydrogen-bond donors (Lipinski definition) is 2. The Bertz CT molecular complexity index is 268. The van der Waals surface area contributed by atoms with E-state index in [1.54, 1.807) is 11.3 Å². The largest absolute Gasteiger partial charge is 0.394 e. The third-order valence-electron chi connectivity index (χ3n) is 2.16. The van der Waals surface area contributed by atoms with Crippen LogP contribution in [0, 0.1) is 6.92 Å². The first-order chi connectivity index (χ1) is 6.09. The Balaban J connectivity index is 2.67. The van der Waals surface area contributed by atoms with Crippen LogP contribution in [0.25, 0.3) is 0 Å². The van der Waals surface area contributed by atoms with Crippen molar-refractivity contribution in [3.05, 3.63) is 11.1 Å². The summed E-state index contributed by atoms with van der Waals surface area (Å²) in [5.41, 5.74) is 0.772. The van der Waals surface area contributed by atoms with Crippen molar-refractivity contribution in [1.29, 1.82) is 0 Å². The Morgan fingerprint density at radius 1 is 1.69 bits per heavy atom. The first-order valence-electron chi connectivity index (χ1n) is 4.41. The molecular formula is C9H16N2OS. The van der Waals surface area contributed by atoms with Gasteiger partial charge in [-0.25, -0.2) is 4.98 Å². The Labute approximate surface area is 82.8 Å². The van der Waals surface area contributed by atoms with E-state index in [-0.39, 0.29) is 12.1 Å². The zero-order valence-corrected chi connectivity index (χ0v) is 9.11. The van der Waals surface area contributed by atoms with Crippen LogP contribution in [-0.2, 0) is 0 Å². The number of aliphatic hydroxyl groups is 1. The molecule has 1 heterocycles. The maximum Gasteiger partial charge on any atom is 0.183 e. The number of hydrogen-bond acceptors (Lipinski definition) is 4. The zero-order valence-electron chi connectivity index (χ0n) is 8.29. The van der Waals surface area contributed by atoms with E-state index >= 15 is 0 Å².